The molecular formula is C18H15Cl2N3O3. The third kappa shape index (κ3) is 4.15. The van der Waals surface area contributed by atoms with Gasteiger partial charge in [0, 0.05) is 41.1 Å². The lowest BCUT2D eigenvalue weighted by Crippen LogP contribution is -2.33. The number of amides is 2. The van der Waals surface area contributed by atoms with Gasteiger partial charge in [-0.1, -0.05) is 29.3 Å². The summed E-state index contributed by atoms with van der Waals surface area (Å²) in [6.07, 6.45) is 2.89. The van der Waals surface area contributed by atoms with Crippen LogP contribution >= 0.6 is 23.2 Å². The van der Waals surface area contributed by atoms with E-state index in [0.29, 0.717) is 35.8 Å². The van der Waals surface area contributed by atoms with Crippen molar-refractivity contribution in [3.05, 3.63) is 63.9 Å². The first-order chi connectivity index (χ1) is 12.4. The molecule has 26 heavy (non-hydrogen) atoms. The summed E-state index contributed by atoms with van der Waals surface area (Å²) in [6.45, 7) is 0.686. The van der Waals surface area contributed by atoms with Crippen molar-refractivity contribution >= 4 is 46.5 Å². The molecule has 1 aromatic heterocycles. The van der Waals surface area contributed by atoms with E-state index >= 15 is 0 Å². The highest BCUT2D eigenvalue weighted by Crippen LogP contribution is 2.31. The van der Waals surface area contributed by atoms with Crippen molar-refractivity contribution in [2.75, 3.05) is 18.4 Å². The Bertz CT molecular complexity index is 899. The van der Waals surface area contributed by atoms with E-state index in [0.717, 1.165) is 11.1 Å². The minimum absolute atomic E-state index is 0.234. The van der Waals surface area contributed by atoms with Crippen LogP contribution in [0.25, 0.3) is 5.57 Å². The van der Waals surface area contributed by atoms with Gasteiger partial charge in [0.2, 0.25) is 0 Å². The zero-order chi connectivity index (χ0) is 18.7. The van der Waals surface area contributed by atoms with Gasteiger partial charge in [-0.05, 0) is 42.3 Å². The predicted molar refractivity (Wildman–Crippen MR) is 101 cm³/mol. The smallest absolute Gasteiger partial charge is 0.407 e. The number of halogens is 2. The molecule has 0 unspecified atom stereocenters. The van der Waals surface area contributed by atoms with Crippen LogP contribution in [0.4, 0.5) is 10.5 Å². The molecule has 2 amide bonds. The van der Waals surface area contributed by atoms with Gasteiger partial charge in [0.15, 0.2) is 0 Å². The molecule has 0 atom stereocenters. The number of carboxylic acid groups (broad SMARTS) is 1. The number of hydrogen-bond acceptors (Lipinski definition) is 3. The Morgan fingerprint density at radius 2 is 2.00 bits per heavy atom. The molecule has 1 aliphatic rings. The molecule has 0 saturated carbocycles. The van der Waals surface area contributed by atoms with E-state index in [4.69, 9.17) is 28.3 Å². The zero-order valence-electron chi connectivity index (χ0n) is 13.6. The first-order valence-electron chi connectivity index (χ1n) is 7.84. The maximum atomic E-state index is 12.5. The summed E-state index contributed by atoms with van der Waals surface area (Å²) >= 11 is 12.0. The lowest BCUT2D eigenvalue weighted by Gasteiger charge is -2.25. The lowest BCUT2D eigenvalue weighted by molar-refractivity contribution is 0.102. The Morgan fingerprint density at radius 3 is 2.65 bits per heavy atom. The highest BCUT2D eigenvalue weighted by molar-refractivity contribution is 6.31. The van der Waals surface area contributed by atoms with Crippen LogP contribution in [0.15, 0.2) is 42.6 Å². The summed E-state index contributed by atoms with van der Waals surface area (Å²) < 4.78 is 0. The van der Waals surface area contributed by atoms with Crippen LogP contribution in [0.1, 0.15) is 22.3 Å². The average molecular weight is 392 g/mol. The van der Waals surface area contributed by atoms with E-state index < -0.39 is 6.09 Å². The van der Waals surface area contributed by atoms with E-state index in [1.807, 2.05) is 6.08 Å². The highest BCUT2D eigenvalue weighted by Gasteiger charge is 2.19. The van der Waals surface area contributed by atoms with Crippen molar-refractivity contribution in [1.82, 2.24) is 9.88 Å². The molecule has 0 fully saturated rings. The Kier molecular flexibility index (Phi) is 5.44. The average Bonchev–Trinajstić information content (AvgIpc) is 2.63. The van der Waals surface area contributed by atoms with E-state index in [2.05, 4.69) is 10.3 Å². The van der Waals surface area contributed by atoms with E-state index in [-0.39, 0.29) is 11.1 Å². The molecule has 2 N–H and O–H groups in total. The normalized spacial score (nSPS) is 13.9. The standard InChI is InChI=1S/C18H15Cl2N3O3/c19-13-1-2-15(22-17(24)12-3-6-21-16(20)9-12)14(10-13)11-4-7-23(8-5-11)18(25)26/h1-4,6,9-10H,5,7-8H2,(H,22,24)(H,25,26). The van der Waals surface area contributed by atoms with Gasteiger partial charge in [0.05, 0.1) is 0 Å². The Labute approximate surface area is 160 Å². The van der Waals surface area contributed by atoms with Gasteiger partial charge in [-0.25, -0.2) is 9.78 Å². The maximum Gasteiger partial charge on any atom is 0.407 e. The fourth-order valence-corrected chi connectivity index (χ4v) is 3.06. The number of rotatable bonds is 3. The molecule has 3 rings (SSSR count). The van der Waals surface area contributed by atoms with Crippen LogP contribution in [0, 0.1) is 0 Å². The zero-order valence-corrected chi connectivity index (χ0v) is 15.1. The largest absolute Gasteiger partial charge is 0.465 e. The maximum absolute atomic E-state index is 12.5. The van der Waals surface area contributed by atoms with E-state index in [9.17, 15) is 9.59 Å². The van der Waals surface area contributed by atoms with Crippen molar-refractivity contribution in [2.45, 2.75) is 6.42 Å². The van der Waals surface area contributed by atoms with E-state index in [1.54, 1.807) is 24.3 Å². The number of carbonyl (C=O) groups excluding carboxylic acids is 1. The van der Waals surface area contributed by atoms with Crippen LogP contribution in [0.3, 0.4) is 0 Å². The van der Waals surface area contributed by atoms with Crippen molar-refractivity contribution in [1.29, 1.82) is 0 Å². The number of nitrogens with zero attached hydrogens (tertiary/aromatic N) is 2. The van der Waals surface area contributed by atoms with Gasteiger partial charge < -0.3 is 15.3 Å². The van der Waals surface area contributed by atoms with Crippen molar-refractivity contribution < 1.29 is 14.7 Å². The fourth-order valence-electron chi connectivity index (χ4n) is 2.72. The minimum Gasteiger partial charge on any atom is -0.465 e. The van der Waals surface area contributed by atoms with Gasteiger partial charge in [0.1, 0.15) is 5.15 Å². The summed E-state index contributed by atoms with van der Waals surface area (Å²) in [5.41, 5.74) is 2.70. The second-order valence-electron chi connectivity index (χ2n) is 5.72. The van der Waals surface area contributed by atoms with E-state index in [1.165, 1.54) is 17.2 Å². The second-order valence-corrected chi connectivity index (χ2v) is 6.54. The highest BCUT2D eigenvalue weighted by atomic mass is 35.5. The number of nitrogens with one attached hydrogen (secondary N) is 1. The summed E-state index contributed by atoms with van der Waals surface area (Å²) in [4.78, 5) is 28.7. The molecule has 0 radical (unpaired) electrons. The Morgan fingerprint density at radius 1 is 1.19 bits per heavy atom. The molecule has 8 heteroatoms. The van der Waals surface area contributed by atoms with Crippen LogP contribution in [-0.4, -0.2) is 40.1 Å². The summed E-state index contributed by atoms with van der Waals surface area (Å²) in [5, 5.41) is 12.7. The fraction of sp³-hybridized carbons (Fsp3) is 0.167. The molecule has 0 saturated heterocycles. The Balaban J connectivity index is 1.87. The van der Waals surface area contributed by atoms with Crippen LogP contribution in [0.5, 0.6) is 0 Å². The number of anilines is 1. The number of carbonyl (C=O) groups is 2. The van der Waals surface area contributed by atoms with Gasteiger partial charge in [-0.3, -0.25) is 4.79 Å². The first-order valence-corrected chi connectivity index (χ1v) is 8.59. The SMILES string of the molecule is O=C(Nc1ccc(Cl)cc1C1=CCN(C(=O)O)CC1)c1ccnc(Cl)c1. The molecule has 134 valence electrons. The van der Waals surface area contributed by atoms with Gasteiger partial charge in [-0.15, -0.1) is 0 Å². The minimum atomic E-state index is -0.950. The van der Waals surface area contributed by atoms with Crippen LogP contribution in [0.2, 0.25) is 10.2 Å². The van der Waals surface area contributed by atoms with Gasteiger partial charge >= 0.3 is 6.09 Å². The molecular weight excluding hydrogens is 377 g/mol. The summed E-state index contributed by atoms with van der Waals surface area (Å²) in [7, 11) is 0. The molecule has 2 aromatic rings. The predicted octanol–water partition coefficient (Wildman–Crippen LogP) is 4.41. The number of aromatic nitrogens is 1. The molecule has 0 bridgehead atoms. The topological polar surface area (TPSA) is 82.5 Å². The second kappa shape index (κ2) is 7.76. The van der Waals surface area contributed by atoms with Crippen LogP contribution in [-0.2, 0) is 0 Å². The quantitative estimate of drug-likeness (QED) is 0.759. The molecule has 6 nitrogen and oxygen atoms in total. The third-order valence-corrected chi connectivity index (χ3v) is 4.49. The monoisotopic (exact) mass is 391 g/mol. The summed E-state index contributed by atoms with van der Waals surface area (Å²) in [5.74, 6) is -0.318. The summed E-state index contributed by atoms with van der Waals surface area (Å²) in [6, 6.07) is 8.23. The Hall–Kier alpha value is -2.57. The van der Waals surface area contributed by atoms with Crippen molar-refractivity contribution in [3.8, 4) is 0 Å². The van der Waals surface area contributed by atoms with Crippen molar-refractivity contribution in [2.24, 2.45) is 0 Å². The van der Waals surface area contributed by atoms with Crippen molar-refractivity contribution in [3.63, 3.8) is 0 Å². The first kappa shape index (κ1) is 18.2. The number of hydrogen-bond donors (Lipinski definition) is 2. The number of pyridine rings is 1. The molecule has 1 aliphatic heterocycles. The number of benzene rings is 1. The molecule has 0 spiro atoms. The molecule has 2 heterocycles. The van der Waals surface area contributed by atoms with Gasteiger partial charge in [-0.2, -0.15) is 0 Å². The molecule has 0 aliphatic carbocycles. The van der Waals surface area contributed by atoms with Crippen LogP contribution < -0.4 is 5.32 Å². The third-order valence-electron chi connectivity index (χ3n) is 4.04. The molecule has 1 aromatic carbocycles. The lowest BCUT2D eigenvalue weighted by atomic mass is 9.97. The van der Waals surface area contributed by atoms with Gasteiger partial charge in [0.25, 0.3) is 5.91 Å².